The summed E-state index contributed by atoms with van der Waals surface area (Å²) in [7, 11) is 0. The third-order valence-electron chi connectivity index (χ3n) is 9.72. The van der Waals surface area contributed by atoms with Gasteiger partial charge in [0.25, 0.3) is 0 Å². The number of ether oxygens (including phenoxy) is 1. The smallest absolute Gasteiger partial charge is 0.135 e. The summed E-state index contributed by atoms with van der Waals surface area (Å²) in [4.78, 5) is 0. The number of benzene rings is 6. The fourth-order valence-electron chi connectivity index (χ4n) is 7.71. The Morgan fingerprint density at radius 1 is 0.431 bits per heavy atom. The molecule has 2 aliphatic rings. The molecule has 0 spiro atoms. The molecule has 1 aliphatic carbocycles. The van der Waals surface area contributed by atoms with Crippen molar-refractivity contribution in [3.05, 3.63) is 160 Å². The van der Waals surface area contributed by atoms with Gasteiger partial charge in [0.15, 0.2) is 0 Å². The first-order chi connectivity index (χ1) is 24.5. The van der Waals surface area contributed by atoms with Crippen molar-refractivity contribution >= 4 is 11.6 Å². The molecule has 1 aliphatic heterocycles. The van der Waals surface area contributed by atoms with E-state index in [1.54, 1.807) is 78.9 Å². The minimum absolute atomic E-state index is 0.0646. The number of hydrogen-bond donors (Lipinski definition) is 8. The van der Waals surface area contributed by atoms with Gasteiger partial charge in [-0.05, 0) is 106 Å². The normalized spacial score (nSPS) is 19.8. The van der Waals surface area contributed by atoms with Gasteiger partial charge in [0.1, 0.15) is 57.8 Å². The third kappa shape index (κ3) is 5.64. The first-order valence-electron chi connectivity index (χ1n) is 16.2. The van der Waals surface area contributed by atoms with E-state index in [2.05, 4.69) is 0 Å². The molecular weight excluding hydrogens is 648 g/mol. The Labute approximate surface area is 292 Å². The zero-order chi connectivity index (χ0) is 35.6. The molecule has 0 aromatic heterocycles. The van der Waals surface area contributed by atoms with Crippen LogP contribution in [-0.4, -0.2) is 40.9 Å². The molecule has 6 aromatic rings. The zero-order valence-electron chi connectivity index (χ0n) is 26.8. The van der Waals surface area contributed by atoms with Gasteiger partial charge in [0.2, 0.25) is 0 Å². The second-order valence-corrected chi connectivity index (χ2v) is 13.0. The Morgan fingerprint density at radius 3 is 1.55 bits per heavy atom. The van der Waals surface area contributed by atoms with Crippen molar-refractivity contribution in [2.75, 3.05) is 0 Å². The van der Waals surface area contributed by atoms with Crippen molar-refractivity contribution in [1.29, 1.82) is 0 Å². The molecule has 6 aromatic carbocycles. The quantitative estimate of drug-likeness (QED) is 0.0897. The lowest BCUT2D eigenvalue weighted by Crippen LogP contribution is -2.11. The predicted octanol–water partition coefficient (Wildman–Crippen LogP) is 8.07. The van der Waals surface area contributed by atoms with Crippen LogP contribution in [0, 0.1) is 0 Å². The van der Waals surface area contributed by atoms with Gasteiger partial charge in [0, 0.05) is 41.2 Å². The minimum Gasteiger partial charge on any atom is -0.508 e. The van der Waals surface area contributed by atoms with Crippen LogP contribution in [0.4, 0.5) is 0 Å². The summed E-state index contributed by atoms with van der Waals surface area (Å²) in [6.45, 7) is 0. The molecule has 51 heavy (non-hydrogen) atoms. The molecule has 0 saturated heterocycles. The first-order valence-corrected chi connectivity index (χ1v) is 16.2. The summed E-state index contributed by atoms with van der Waals surface area (Å²) in [5, 5.41) is 84.2. The molecule has 0 saturated carbocycles. The Balaban J connectivity index is 1.33. The van der Waals surface area contributed by atoms with Gasteiger partial charge in [-0.15, -0.1) is 0 Å². The lowest BCUT2D eigenvalue weighted by atomic mass is 9.79. The lowest BCUT2D eigenvalue weighted by molar-refractivity contribution is 0.222. The van der Waals surface area contributed by atoms with Gasteiger partial charge in [-0.2, -0.15) is 0 Å². The van der Waals surface area contributed by atoms with Gasteiger partial charge in [-0.3, -0.25) is 0 Å². The molecule has 9 heteroatoms. The monoisotopic (exact) mass is 680 g/mol. The Morgan fingerprint density at radius 2 is 0.961 bits per heavy atom. The van der Waals surface area contributed by atoms with Crippen LogP contribution in [0.15, 0.2) is 115 Å². The average molecular weight is 681 g/mol. The molecule has 8 N–H and O–H groups in total. The summed E-state index contributed by atoms with van der Waals surface area (Å²) in [6, 6.07) is 30.5. The van der Waals surface area contributed by atoms with E-state index < -0.39 is 23.9 Å². The molecule has 0 amide bonds. The van der Waals surface area contributed by atoms with Gasteiger partial charge in [0.05, 0.1) is 5.92 Å². The molecule has 0 bridgehead atoms. The Kier molecular flexibility index (Phi) is 7.41. The van der Waals surface area contributed by atoms with E-state index in [1.807, 2.05) is 24.3 Å². The van der Waals surface area contributed by atoms with Gasteiger partial charge >= 0.3 is 0 Å². The van der Waals surface area contributed by atoms with E-state index in [-0.39, 0.29) is 46.0 Å². The second-order valence-electron chi connectivity index (χ2n) is 13.0. The zero-order valence-corrected chi connectivity index (χ0v) is 26.8. The van der Waals surface area contributed by atoms with Crippen LogP contribution < -0.4 is 4.74 Å². The lowest BCUT2D eigenvalue weighted by Gasteiger charge is -2.24. The Bertz CT molecular complexity index is 2310. The predicted molar refractivity (Wildman–Crippen MR) is 190 cm³/mol. The maximum absolute atomic E-state index is 11.3. The van der Waals surface area contributed by atoms with Crippen molar-refractivity contribution in [2.45, 2.75) is 23.9 Å². The number of aromatic hydroxyl groups is 8. The molecule has 0 unspecified atom stereocenters. The van der Waals surface area contributed by atoms with Crippen LogP contribution in [-0.2, 0) is 0 Å². The molecular formula is C42H32O9. The largest absolute Gasteiger partial charge is 0.508 e. The van der Waals surface area contributed by atoms with Crippen LogP contribution in [0.1, 0.15) is 68.4 Å². The fraction of sp³-hybridized carbons (Fsp3) is 0.0952. The summed E-state index contributed by atoms with van der Waals surface area (Å²) in [5.74, 6) is -1.66. The number of fused-ring (bicyclic) bond motifs is 2. The topological polar surface area (TPSA) is 171 Å². The highest BCUT2D eigenvalue weighted by Gasteiger charge is 2.42. The van der Waals surface area contributed by atoms with Crippen LogP contribution in [0.25, 0.3) is 11.6 Å². The van der Waals surface area contributed by atoms with E-state index in [0.29, 0.717) is 33.6 Å². The minimum atomic E-state index is -0.580. The highest BCUT2D eigenvalue weighted by atomic mass is 16.5. The molecule has 254 valence electrons. The van der Waals surface area contributed by atoms with E-state index in [0.717, 1.165) is 22.3 Å². The molecule has 1 heterocycles. The van der Waals surface area contributed by atoms with E-state index >= 15 is 0 Å². The van der Waals surface area contributed by atoms with Crippen molar-refractivity contribution < 1.29 is 45.6 Å². The van der Waals surface area contributed by atoms with Gasteiger partial charge < -0.3 is 45.6 Å². The fourth-order valence-corrected chi connectivity index (χ4v) is 7.71. The van der Waals surface area contributed by atoms with Crippen LogP contribution in [0.2, 0.25) is 0 Å². The van der Waals surface area contributed by atoms with Crippen LogP contribution >= 0.6 is 0 Å². The van der Waals surface area contributed by atoms with Crippen molar-refractivity contribution in [3.8, 4) is 51.7 Å². The van der Waals surface area contributed by atoms with Crippen molar-refractivity contribution in [1.82, 2.24) is 0 Å². The molecule has 0 radical (unpaired) electrons. The number of phenolic OH excluding ortho intramolecular Hbond substituents is 8. The second kappa shape index (κ2) is 12.0. The number of allylic oxidation sites excluding steroid dienone is 1. The Hall–Kier alpha value is -6.74. The summed E-state index contributed by atoms with van der Waals surface area (Å²) >= 11 is 0. The SMILES string of the molecule is Oc1ccc([C@@H]2c3c(O)cc(O)cc3C(=Cc3ccc4c(c3)[C@H](c3cc(O)cc(O)c3)[C@@H](c3ccc(O)cc3)O4)[C@H]2c2cc(O)cc(O)c2)cc1. The van der Waals surface area contributed by atoms with Crippen LogP contribution in [0.5, 0.6) is 51.7 Å². The number of hydrogen-bond acceptors (Lipinski definition) is 9. The van der Waals surface area contributed by atoms with Crippen LogP contribution in [0.3, 0.4) is 0 Å². The summed E-state index contributed by atoms with van der Waals surface area (Å²) in [5.41, 5.74) is 5.94. The van der Waals surface area contributed by atoms with E-state index in [9.17, 15) is 40.9 Å². The van der Waals surface area contributed by atoms with Crippen molar-refractivity contribution in [3.63, 3.8) is 0 Å². The number of rotatable bonds is 5. The highest BCUT2D eigenvalue weighted by Crippen LogP contribution is 2.59. The maximum atomic E-state index is 11.3. The standard InChI is InChI=1S/C42H32O9/c43-26-6-2-22(3-7-26)40-38(24-13-28(45)17-29(46)14-24)33(34-19-32(49)20-36(50)41(34)40)11-21-1-10-37-35(12-21)39(25-15-30(47)18-31(48)16-25)42(51-37)23-4-8-27(44)9-5-23/h1-20,38-40,42-50H/t38-,39+,40+,42-/m1/s1. The molecule has 9 nitrogen and oxygen atoms in total. The molecule has 0 fully saturated rings. The third-order valence-corrected chi connectivity index (χ3v) is 9.72. The summed E-state index contributed by atoms with van der Waals surface area (Å²) < 4.78 is 6.49. The average Bonchev–Trinajstić information content (AvgIpc) is 3.60. The van der Waals surface area contributed by atoms with Gasteiger partial charge in [-0.25, -0.2) is 0 Å². The van der Waals surface area contributed by atoms with E-state index in [1.165, 1.54) is 18.2 Å². The highest BCUT2D eigenvalue weighted by molar-refractivity contribution is 5.93. The molecule has 4 atom stereocenters. The van der Waals surface area contributed by atoms with E-state index in [4.69, 9.17) is 4.74 Å². The maximum Gasteiger partial charge on any atom is 0.135 e. The molecule has 8 rings (SSSR count). The van der Waals surface area contributed by atoms with Crippen molar-refractivity contribution in [2.24, 2.45) is 0 Å². The van der Waals surface area contributed by atoms with Gasteiger partial charge in [-0.1, -0.05) is 36.4 Å². The first kappa shape index (κ1) is 31.5. The summed E-state index contributed by atoms with van der Waals surface area (Å²) in [6.07, 6.45) is 1.36. The number of phenols is 8.